The van der Waals surface area contributed by atoms with Gasteiger partial charge in [0.1, 0.15) is 5.92 Å². The number of thiocarbonyl (C=S) groups is 1. The molecule has 2 aromatic rings. The van der Waals surface area contributed by atoms with E-state index in [1.165, 1.54) is 30.3 Å². The SMILES string of the molecule is C=C1NC(=S)N[C@H](c2ccccc2[N+](=O)[O-])[C@H]1C(=O)Nc1ccccc1C(F)(F)F. The third-order valence-corrected chi connectivity index (χ3v) is 4.73. The lowest BCUT2D eigenvalue weighted by Gasteiger charge is -2.35. The van der Waals surface area contributed by atoms with Crippen LogP contribution in [-0.2, 0) is 11.0 Å². The molecule has 0 aliphatic carbocycles. The van der Waals surface area contributed by atoms with Gasteiger partial charge in [-0.05, 0) is 24.4 Å². The standard InChI is InChI=1S/C19H15F3N4O3S/c1-10-15(17(27)24-13-8-4-3-7-12(13)19(20,21)22)16(25-18(30)23-10)11-6-2-5-9-14(11)26(28)29/h2-9,15-16H,1H2,(H,24,27)(H2,23,25,30)/t15-,16+/m0/s1. The molecule has 0 aromatic heterocycles. The molecule has 0 unspecified atom stereocenters. The summed E-state index contributed by atoms with van der Waals surface area (Å²) in [6.45, 7) is 3.74. The largest absolute Gasteiger partial charge is 0.418 e. The highest BCUT2D eigenvalue weighted by atomic mass is 32.1. The molecule has 3 N–H and O–H groups in total. The third kappa shape index (κ3) is 4.25. The van der Waals surface area contributed by atoms with Crippen LogP contribution in [0.4, 0.5) is 24.5 Å². The first kappa shape index (κ1) is 21.2. The zero-order valence-corrected chi connectivity index (χ0v) is 16.0. The van der Waals surface area contributed by atoms with Gasteiger partial charge in [0.2, 0.25) is 5.91 Å². The quantitative estimate of drug-likeness (QED) is 0.382. The summed E-state index contributed by atoms with van der Waals surface area (Å²) in [5.41, 5.74) is -1.46. The van der Waals surface area contributed by atoms with Crippen molar-refractivity contribution >= 4 is 34.6 Å². The second-order valence-corrected chi connectivity index (χ2v) is 6.84. The third-order valence-electron chi connectivity index (χ3n) is 4.51. The van der Waals surface area contributed by atoms with Gasteiger partial charge in [-0.25, -0.2) is 0 Å². The van der Waals surface area contributed by atoms with E-state index in [1.54, 1.807) is 6.07 Å². The molecule has 30 heavy (non-hydrogen) atoms. The number of halogens is 3. The highest BCUT2D eigenvalue weighted by Crippen LogP contribution is 2.37. The number of rotatable bonds is 4. The van der Waals surface area contributed by atoms with Crippen LogP contribution in [0, 0.1) is 16.0 Å². The van der Waals surface area contributed by atoms with Gasteiger partial charge >= 0.3 is 6.18 Å². The number of hydrogen-bond donors (Lipinski definition) is 3. The van der Waals surface area contributed by atoms with Gasteiger partial charge < -0.3 is 16.0 Å². The molecular weight excluding hydrogens is 421 g/mol. The van der Waals surface area contributed by atoms with Crippen molar-refractivity contribution in [3.8, 4) is 0 Å². The normalized spacial score (nSPS) is 18.9. The van der Waals surface area contributed by atoms with Crippen LogP contribution in [0.15, 0.2) is 60.8 Å². The molecule has 0 radical (unpaired) electrons. The number of nitro groups is 1. The summed E-state index contributed by atoms with van der Waals surface area (Å²) in [4.78, 5) is 23.8. The van der Waals surface area contributed by atoms with Crippen molar-refractivity contribution in [1.82, 2.24) is 10.6 Å². The summed E-state index contributed by atoms with van der Waals surface area (Å²) in [6, 6.07) is 9.23. The van der Waals surface area contributed by atoms with E-state index in [0.717, 1.165) is 12.1 Å². The first-order valence-corrected chi connectivity index (χ1v) is 8.97. The second kappa shape index (κ2) is 8.11. The Labute approximate surface area is 174 Å². The van der Waals surface area contributed by atoms with Gasteiger partial charge in [0.15, 0.2) is 5.11 Å². The van der Waals surface area contributed by atoms with Crippen LogP contribution in [0.2, 0.25) is 0 Å². The zero-order chi connectivity index (χ0) is 22.1. The van der Waals surface area contributed by atoms with Crippen molar-refractivity contribution in [2.75, 3.05) is 5.32 Å². The maximum Gasteiger partial charge on any atom is 0.418 e. The lowest BCUT2D eigenvalue weighted by molar-refractivity contribution is -0.385. The maximum atomic E-state index is 13.3. The molecule has 1 amide bonds. The van der Waals surface area contributed by atoms with Crippen molar-refractivity contribution in [1.29, 1.82) is 0 Å². The van der Waals surface area contributed by atoms with Gasteiger partial charge in [-0.15, -0.1) is 0 Å². The summed E-state index contributed by atoms with van der Waals surface area (Å²) in [6.07, 6.45) is -4.68. The summed E-state index contributed by atoms with van der Waals surface area (Å²) in [7, 11) is 0. The van der Waals surface area contributed by atoms with E-state index in [2.05, 4.69) is 22.5 Å². The molecule has 2 aromatic carbocycles. The molecule has 1 heterocycles. The predicted octanol–water partition coefficient (Wildman–Crippen LogP) is 3.90. The van der Waals surface area contributed by atoms with E-state index in [1.807, 2.05) is 0 Å². The molecule has 2 atom stereocenters. The van der Waals surface area contributed by atoms with Gasteiger partial charge in [0, 0.05) is 11.8 Å². The van der Waals surface area contributed by atoms with E-state index < -0.39 is 40.2 Å². The van der Waals surface area contributed by atoms with Crippen molar-refractivity contribution in [3.63, 3.8) is 0 Å². The maximum absolute atomic E-state index is 13.3. The predicted molar refractivity (Wildman–Crippen MR) is 107 cm³/mol. The fraction of sp³-hybridized carbons (Fsp3) is 0.158. The van der Waals surface area contributed by atoms with Gasteiger partial charge in [0.05, 0.1) is 27.8 Å². The van der Waals surface area contributed by atoms with E-state index in [9.17, 15) is 28.1 Å². The topological polar surface area (TPSA) is 96.3 Å². The number of anilines is 1. The van der Waals surface area contributed by atoms with Crippen molar-refractivity contribution in [3.05, 3.63) is 82.0 Å². The van der Waals surface area contributed by atoms with Crippen molar-refractivity contribution in [2.24, 2.45) is 5.92 Å². The lowest BCUT2D eigenvalue weighted by atomic mass is 9.87. The molecule has 0 saturated carbocycles. The Bertz CT molecular complexity index is 1040. The molecule has 1 saturated heterocycles. The number of hydrogen-bond acceptors (Lipinski definition) is 4. The number of carbonyl (C=O) groups excluding carboxylic acids is 1. The summed E-state index contributed by atoms with van der Waals surface area (Å²) < 4.78 is 39.8. The average Bonchev–Trinajstić information content (AvgIpc) is 2.66. The zero-order valence-electron chi connectivity index (χ0n) is 15.2. The smallest absolute Gasteiger partial charge is 0.354 e. The van der Waals surface area contributed by atoms with E-state index in [0.29, 0.717) is 0 Å². The minimum Gasteiger partial charge on any atom is -0.354 e. The number of nitro benzene ring substituents is 1. The highest BCUT2D eigenvalue weighted by Gasteiger charge is 2.40. The Morgan fingerprint density at radius 3 is 2.47 bits per heavy atom. The Morgan fingerprint density at radius 1 is 1.17 bits per heavy atom. The van der Waals surface area contributed by atoms with Crippen LogP contribution >= 0.6 is 12.2 Å². The summed E-state index contributed by atoms with van der Waals surface area (Å²) >= 11 is 5.07. The molecule has 11 heteroatoms. The average molecular weight is 436 g/mol. The molecule has 7 nitrogen and oxygen atoms in total. The molecule has 0 bridgehead atoms. The molecule has 1 aliphatic heterocycles. The molecule has 156 valence electrons. The monoisotopic (exact) mass is 436 g/mol. The number of benzene rings is 2. The summed E-state index contributed by atoms with van der Waals surface area (Å²) in [5.74, 6) is -2.01. The number of carbonyl (C=O) groups is 1. The Morgan fingerprint density at radius 2 is 1.80 bits per heavy atom. The number of para-hydroxylation sites is 2. The minimum absolute atomic E-state index is 0.0860. The van der Waals surface area contributed by atoms with Gasteiger partial charge in [-0.1, -0.05) is 36.9 Å². The van der Waals surface area contributed by atoms with Crippen LogP contribution in [0.3, 0.4) is 0 Å². The fourth-order valence-electron chi connectivity index (χ4n) is 3.22. The first-order chi connectivity index (χ1) is 14.1. The van der Waals surface area contributed by atoms with E-state index in [-0.39, 0.29) is 22.1 Å². The molecular formula is C19H15F3N4O3S. The Kier molecular flexibility index (Phi) is 5.74. The van der Waals surface area contributed by atoms with Crippen LogP contribution in [0.1, 0.15) is 17.2 Å². The minimum atomic E-state index is -4.68. The Balaban J connectivity index is 2.00. The van der Waals surface area contributed by atoms with E-state index >= 15 is 0 Å². The fourth-order valence-corrected chi connectivity index (χ4v) is 3.48. The molecule has 3 rings (SSSR count). The van der Waals surface area contributed by atoms with Crippen LogP contribution in [0.25, 0.3) is 0 Å². The number of alkyl halides is 3. The Hall–Kier alpha value is -3.47. The molecule has 1 fully saturated rings. The van der Waals surface area contributed by atoms with Crippen LogP contribution < -0.4 is 16.0 Å². The van der Waals surface area contributed by atoms with Gasteiger partial charge in [-0.3, -0.25) is 14.9 Å². The number of nitrogens with zero attached hydrogens (tertiary/aromatic N) is 1. The first-order valence-electron chi connectivity index (χ1n) is 8.56. The van der Waals surface area contributed by atoms with Gasteiger partial charge in [0.25, 0.3) is 5.69 Å². The van der Waals surface area contributed by atoms with Crippen LogP contribution in [0.5, 0.6) is 0 Å². The lowest BCUT2D eigenvalue weighted by Crippen LogP contribution is -2.51. The molecule has 0 spiro atoms. The van der Waals surface area contributed by atoms with Crippen LogP contribution in [-0.4, -0.2) is 15.9 Å². The summed E-state index contributed by atoms with van der Waals surface area (Å²) in [5, 5.41) is 19.2. The number of nitrogens with one attached hydrogen (secondary N) is 3. The van der Waals surface area contributed by atoms with Crippen molar-refractivity contribution < 1.29 is 22.9 Å². The van der Waals surface area contributed by atoms with Gasteiger partial charge in [-0.2, -0.15) is 13.2 Å². The van der Waals surface area contributed by atoms with Crippen molar-refractivity contribution in [2.45, 2.75) is 12.2 Å². The molecule has 1 aliphatic rings. The number of amides is 1. The second-order valence-electron chi connectivity index (χ2n) is 6.43. The van der Waals surface area contributed by atoms with E-state index in [4.69, 9.17) is 12.2 Å². The highest BCUT2D eigenvalue weighted by molar-refractivity contribution is 7.80.